The van der Waals surface area contributed by atoms with Gasteiger partial charge in [-0.05, 0) is 32.1 Å². The Balaban J connectivity index is 3.15. The highest BCUT2D eigenvalue weighted by atomic mass is 79.9. The third-order valence-electron chi connectivity index (χ3n) is 2.45. The lowest BCUT2D eigenvalue weighted by Gasteiger charge is -2.00. The molecule has 0 N–H and O–H groups in total. The normalized spacial score (nSPS) is 10.2. The highest BCUT2D eigenvalue weighted by Gasteiger charge is 2.00. The Labute approximate surface area is 102 Å². The van der Waals surface area contributed by atoms with E-state index in [2.05, 4.69) is 22.5 Å². The lowest BCUT2D eigenvalue weighted by atomic mass is 10.1. The molecule has 0 saturated heterocycles. The van der Waals surface area contributed by atoms with E-state index in [-0.39, 0.29) is 0 Å². The summed E-state index contributed by atoms with van der Waals surface area (Å²) < 4.78 is 0. The summed E-state index contributed by atoms with van der Waals surface area (Å²) in [5.41, 5.74) is 0. The second kappa shape index (κ2) is 12.0. The van der Waals surface area contributed by atoms with Crippen molar-refractivity contribution >= 4 is 21.7 Å². The minimum atomic E-state index is 0.447. The van der Waals surface area contributed by atoms with E-state index in [4.69, 9.17) is 0 Å². The van der Waals surface area contributed by atoms with E-state index in [9.17, 15) is 4.79 Å². The van der Waals surface area contributed by atoms with Gasteiger partial charge in [-0.15, -0.1) is 6.58 Å². The molecule has 0 bridgehead atoms. The third-order valence-corrected chi connectivity index (χ3v) is 3.01. The fourth-order valence-corrected chi connectivity index (χ4v) is 1.90. The molecule has 0 unspecified atom stereocenters. The predicted molar refractivity (Wildman–Crippen MR) is 70.6 cm³/mol. The number of Topliss-reactive ketones (excluding diaryl/α,β-unsaturated/α-hetero) is 1. The van der Waals surface area contributed by atoms with Crippen molar-refractivity contribution in [2.45, 2.75) is 57.8 Å². The maximum atomic E-state index is 11.4. The van der Waals surface area contributed by atoms with Crippen LogP contribution >= 0.6 is 15.9 Å². The molecule has 0 spiro atoms. The Hall–Kier alpha value is -0.110. The van der Waals surface area contributed by atoms with Crippen LogP contribution in [0.5, 0.6) is 0 Å². The standard InChI is InChI=1S/C13H23BrO/c1-2-3-4-5-7-10-13(15)11-8-6-9-12-14/h2H,1,3-12H2. The fraction of sp³-hybridized carbons (Fsp3) is 0.769. The van der Waals surface area contributed by atoms with Gasteiger partial charge in [-0.2, -0.15) is 0 Å². The second-order valence-electron chi connectivity index (χ2n) is 3.93. The van der Waals surface area contributed by atoms with Crippen LogP contribution in [0.1, 0.15) is 57.8 Å². The Morgan fingerprint density at radius 2 is 1.60 bits per heavy atom. The maximum Gasteiger partial charge on any atom is 0.132 e. The average molecular weight is 275 g/mol. The van der Waals surface area contributed by atoms with Gasteiger partial charge in [-0.25, -0.2) is 0 Å². The number of unbranched alkanes of at least 4 members (excludes halogenated alkanes) is 5. The minimum Gasteiger partial charge on any atom is -0.300 e. The molecular weight excluding hydrogens is 252 g/mol. The molecule has 0 aromatic heterocycles. The molecule has 0 radical (unpaired) electrons. The van der Waals surface area contributed by atoms with Gasteiger partial charge in [0.15, 0.2) is 0 Å². The lowest BCUT2D eigenvalue weighted by molar-refractivity contribution is -0.119. The zero-order chi connectivity index (χ0) is 11.4. The number of hydrogen-bond acceptors (Lipinski definition) is 1. The van der Waals surface area contributed by atoms with Crippen LogP contribution in [-0.2, 0) is 4.79 Å². The average Bonchev–Trinajstić information content (AvgIpc) is 2.24. The monoisotopic (exact) mass is 274 g/mol. The van der Waals surface area contributed by atoms with Crippen LogP contribution in [-0.4, -0.2) is 11.1 Å². The molecule has 2 heteroatoms. The molecule has 0 amide bonds. The molecule has 0 aliphatic heterocycles. The number of carbonyl (C=O) groups is 1. The van der Waals surface area contributed by atoms with E-state index in [0.717, 1.165) is 37.4 Å². The molecule has 0 heterocycles. The van der Waals surface area contributed by atoms with Gasteiger partial charge >= 0.3 is 0 Å². The van der Waals surface area contributed by atoms with E-state index in [1.165, 1.54) is 25.7 Å². The van der Waals surface area contributed by atoms with Gasteiger partial charge < -0.3 is 0 Å². The number of ketones is 1. The summed E-state index contributed by atoms with van der Waals surface area (Å²) in [6, 6.07) is 0. The van der Waals surface area contributed by atoms with Crippen molar-refractivity contribution in [3.8, 4) is 0 Å². The highest BCUT2D eigenvalue weighted by molar-refractivity contribution is 9.09. The van der Waals surface area contributed by atoms with Crippen molar-refractivity contribution in [3.63, 3.8) is 0 Å². The minimum absolute atomic E-state index is 0.447. The quantitative estimate of drug-likeness (QED) is 0.305. The van der Waals surface area contributed by atoms with Crippen LogP contribution in [0, 0.1) is 0 Å². The number of alkyl halides is 1. The summed E-state index contributed by atoms with van der Waals surface area (Å²) in [4.78, 5) is 11.4. The Morgan fingerprint density at radius 3 is 2.13 bits per heavy atom. The molecule has 88 valence electrons. The molecule has 15 heavy (non-hydrogen) atoms. The van der Waals surface area contributed by atoms with Gasteiger partial charge in [0.05, 0.1) is 0 Å². The van der Waals surface area contributed by atoms with Gasteiger partial charge in [0.25, 0.3) is 0 Å². The summed E-state index contributed by atoms with van der Waals surface area (Å²) in [5, 5.41) is 1.06. The highest BCUT2D eigenvalue weighted by Crippen LogP contribution is 2.08. The Kier molecular flexibility index (Phi) is 11.9. The number of carbonyl (C=O) groups excluding carboxylic acids is 1. The molecule has 0 aromatic carbocycles. The Morgan fingerprint density at radius 1 is 1.00 bits per heavy atom. The molecule has 0 atom stereocenters. The van der Waals surface area contributed by atoms with Crippen LogP contribution < -0.4 is 0 Å². The van der Waals surface area contributed by atoms with Gasteiger partial charge in [-0.3, -0.25) is 4.79 Å². The van der Waals surface area contributed by atoms with E-state index < -0.39 is 0 Å². The van der Waals surface area contributed by atoms with E-state index in [1.807, 2.05) is 6.08 Å². The number of hydrogen-bond donors (Lipinski definition) is 0. The molecule has 0 fully saturated rings. The van der Waals surface area contributed by atoms with Gasteiger partial charge in [0, 0.05) is 18.2 Å². The van der Waals surface area contributed by atoms with Crippen LogP contribution in [0.25, 0.3) is 0 Å². The van der Waals surface area contributed by atoms with E-state index in [1.54, 1.807) is 0 Å². The number of allylic oxidation sites excluding steroid dienone is 1. The summed E-state index contributed by atoms with van der Waals surface area (Å²) in [6.07, 6.45) is 11.4. The van der Waals surface area contributed by atoms with Crippen LogP contribution in [0.15, 0.2) is 12.7 Å². The van der Waals surface area contributed by atoms with Gasteiger partial charge in [0.2, 0.25) is 0 Å². The van der Waals surface area contributed by atoms with Crippen molar-refractivity contribution in [1.82, 2.24) is 0 Å². The smallest absolute Gasteiger partial charge is 0.132 e. The first-order chi connectivity index (χ1) is 7.31. The first-order valence-electron chi connectivity index (χ1n) is 5.99. The van der Waals surface area contributed by atoms with Crippen LogP contribution in [0.2, 0.25) is 0 Å². The molecule has 1 nitrogen and oxygen atoms in total. The third kappa shape index (κ3) is 11.8. The van der Waals surface area contributed by atoms with Crippen LogP contribution in [0.4, 0.5) is 0 Å². The Bertz CT molecular complexity index is 166. The van der Waals surface area contributed by atoms with Crippen LogP contribution in [0.3, 0.4) is 0 Å². The molecule has 0 aromatic rings. The molecule has 0 aliphatic rings. The molecule has 0 aliphatic carbocycles. The van der Waals surface area contributed by atoms with E-state index >= 15 is 0 Å². The summed E-state index contributed by atoms with van der Waals surface area (Å²) >= 11 is 3.39. The molecule has 0 saturated carbocycles. The topological polar surface area (TPSA) is 17.1 Å². The zero-order valence-corrected chi connectivity index (χ0v) is 11.2. The first kappa shape index (κ1) is 14.9. The molecular formula is C13H23BrO. The van der Waals surface area contributed by atoms with Gasteiger partial charge in [-0.1, -0.05) is 34.8 Å². The summed E-state index contributed by atoms with van der Waals surface area (Å²) in [6.45, 7) is 3.68. The molecule has 0 rings (SSSR count). The van der Waals surface area contributed by atoms with Crippen molar-refractivity contribution in [2.24, 2.45) is 0 Å². The van der Waals surface area contributed by atoms with E-state index in [0.29, 0.717) is 5.78 Å². The second-order valence-corrected chi connectivity index (χ2v) is 4.72. The maximum absolute atomic E-state index is 11.4. The van der Waals surface area contributed by atoms with Crippen molar-refractivity contribution in [3.05, 3.63) is 12.7 Å². The SMILES string of the molecule is C=CCCCCCC(=O)CCCCCBr. The predicted octanol–water partition coefficient (Wildman–Crippen LogP) is 4.65. The lowest BCUT2D eigenvalue weighted by Crippen LogP contribution is -1.97. The fourth-order valence-electron chi connectivity index (χ4n) is 1.51. The van der Waals surface area contributed by atoms with Gasteiger partial charge in [0.1, 0.15) is 5.78 Å². The van der Waals surface area contributed by atoms with Crippen molar-refractivity contribution in [2.75, 3.05) is 5.33 Å². The van der Waals surface area contributed by atoms with Crippen molar-refractivity contribution < 1.29 is 4.79 Å². The summed E-state index contributed by atoms with van der Waals surface area (Å²) in [5.74, 6) is 0.447. The zero-order valence-electron chi connectivity index (χ0n) is 9.64. The largest absolute Gasteiger partial charge is 0.300 e. The summed E-state index contributed by atoms with van der Waals surface area (Å²) in [7, 11) is 0. The number of rotatable bonds is 11. The first-order valence-corrected chi connectivity index (χ1v) is 7.12. The number of halogens is 1. The van der Waals surface area contributed by atoms with Crippen molar-refractivity contribution in [1.29, 1.82) is 0 Å².